The van der Waals surface area contributed by atoms with Gasteiger partial charge in [-0.2, -0.15) is 0 Å². The summed E-state index contributed by atoms with van der Waals surface area (Å²) < 4.78 is 6.55. The summed E-state index contributed by atoms with van der Waals surface area (Å²) in [7, 11) is 0. The Morgan fingerprint density at radius 1 is 0.368 bits per heavy atom. The van der Waals surface area contributed by atoms with Crippen LogP contribution in [0.5, 0.6) is 5.75 Å². The first-order valence-corrected chi connectivity index (χ1v) is 19.9. The van der Waals surface area contributed by atoms with Crippen LogP contribution in [0.25, 0.3) is 44.5 Å². The van der Waals surface area contributed by atoms with Crippen LogP contribution in [0.4, 0.5) is 17.1 Å². The third-order valence-corrected chi connectivity index (χ3v) is 11.9. The lowest BCUT2D eigenvalue weighted by molar-refractivity contribution is 0.270. The molecule has 0 amide bonds. The van der Waals surface area contributed by atoms with Crippen LogP contribution in [0, 0.1) is 0 Å². The van der Waals surface area contributed by atoms with Crippen molar-refractivity contribution in [3.8, 4) is 50.3 Å². The van der Waals surface area contributed by atoms with E-state index in [-0.39, 0.29) is 17.9 Å². The second-order valence-electron chi connectivity index (χ2n) is 15.2. The fraction of sp³-hybridized carbons (Fsp3) is 0.0545. The van der Waals surface area contributed by atoms with Gasteiger partial charge in [0.25, 0.3) is 0 Å². The minimum Gasteiger partial charge on any atom is -0.484 e. The Morgan fingerprint density at radius 2 is 0.895 bits per heavy atom. The topological polar surface area (TPSA) is 12.5 Å². The highest BCUT2D eigenvalue weighted by molar-refractivity contribution is 5.88. The highest BCUT2D eigenvalue weighted by Gasteiger charge is 2.34. The molecule has 3 unspecified atom stereocenters. The molecule has 1 aliphatic heterocycles. The molecular weight excluding hydrogens is 691 g/mol. The molecule has 0 bridgehead atoms. The molecule has 0 saturated heterocycles. The van der Waals surface area contributed by atoms with E-state index in [1.807, 2.05) is 0 Å². The zero-order valence-corrected chi connectivity index (χ0v) is 31.4. The van der Waals surface area contributed by atoms with Crippen LogP contribution in [0.3, 0.4) is 0 Å². The van der Waals surface area contributed by atoms with Crippen molar-refractivity contribution < 1.29 is 4.74 Å². The summed E-state index contributed by atoms with van der Waals surface area (Å²) in [5, 5.41) is 0. The lowest BCUT2D eigenvalue weighted by atomic mass is 9.89. The van der Waals surface area contributed by atoms with Crippen LogP contribution >= 0.6 is 0 Å². The third-order valence-electron chi connectivity index (χ3n) is 11.9. The molecule has 0 saturated carbocycles. The van der Waals surface area contributed by atoms with E-state index >= 15 is 0 Å². The van der Waals surface area contributed by atoms with Crippen molar-refractivity contribution in [3.05, 3.63) is 241 Å². The van der Waals surface area contributed by atoms with E-state index in [9.17, 15) is 0 Å². The van der Waals surface area contributed by atoms with Crippen molar-refractivity contribution >= 4 is 17.1 Å². The van der Waals surface area contributed by atoms with E-state index in [2.05, 4.69) is 223 Å². The number of fused-ring (bicyclic) bond motifs is 6. The van der Waals surface area contributed by atoms with E-state index < -0.39 is 0 Å². The van der Waals surface area contributed by atoms with Crippen molar-refractivity contribution in [2.45, 2.75) is 17.9 Å². The Morgan fingerprint density at radius 3 is 1.61 bits per heavy atom. The van der Waals surface area contributed by atoms with Gasteiger partial charge in [-0.05, 0) is 98.1 Å². The molecular formula is C55H39NO. The number of allylic oxidation sites excluding steroid dienone is 2. The molecule has 0 aromatic heterocycles. The summed E-state index contributed by atoms with van der Waals surface area (Å²) >= 11 is 0. The smallest absolute Gasteiger partial charge is 0.132 e. The Kier molecular flexibility index (Phi) is 8.07. The average molecular weight is 730 g/mol. The largest absolute Gasteiger partial charge is 0.484 e. The quantitative estimate of drug-likeness (QED) is 0.162. The molecule has 57 heavy (non-hydrogen) atoms. The van der Waals surface area contributed by atoms with Crippen LogP contribution in [0.2, 0.25) is 0 Å². The van der Waals surface area contributed by atoms with Crippen molar-refractivity contribution in [3.63, 3.8) is 0 Å². The van der Waals surface area contributed by atoms with E-state index in [1.54, 1.807) is 0 Å². The molecule has 0 N–H and O–H groups in total. The number of benzene rings is 8. The van der Waals surface area contributed by atoms with E-state index in [0.717, 1.165) is 33.9 Å². The molecule has 0 radical (unpaired) electrons. The van der Waals surface area contributed by atoms with Crippen molar-refractivity contribution in [1.29, 1.82) is 0 Å². The van der Waals surface area contributed by atoms with Gasteiger partial charge in [0.1, 0.15) is 11.9 Å². The molecule has 3 aliphatic rings. The standard InChI is InChI=1S/C55H39NO/c1-3-12-37(13-4-1)38-22-24-39(25-23-38)40-26-30-43(31-27-40)56(44-32-28-41(29-33-44)46-19-11-20-51-48-17-9-10-21-53(48)57-55(46)51)45-34-35-50-52(36-45)47-16-7-8-18-49(47)54(50)42-14-5-2-6-15-42/h1-36,48,53-54H. The second-order valence-corrected chi connectivity index (χ2v) is 15.2. The van der Waals surface area contributed by atoms with E-state index in [1.165, 1.54) is 55.6 Å². The second kappa shape index (κ2) is 13.8. The number of ether oxygens (including phenoxy) is 1. The van der Waals surface area contributed by atoms with Crippen LogP contribution in [-0.4, -0.2) is 6.10 Å². The molecule has 8 aromatic rings. The number of anilines is 3. The first-order valence-electron chi connectivity index (χ1n) is 19.9. The first kappa shape index (κ1) is 33.2. The van der Waals surface area contributed by atoms with Gasteiger partial charge in [-0.25, -0.2) is 0 Å². The van der Waals surface area contributed by atoms with Crippen molar-refractivity contribution in [2.24, 2.45) is 0 Å². The van der Waals surface area contributed by atoms with Gasteiger partial charge in [-0.1, -0.05) is 176 Å². The van der Waals surface area contributed by atoms with Gasteiger partial charge >= 0.3 is 0 Å². The molecule has 2 nitrogen and oxygen atoms in total. The summed E-state index contributed by atoms with van der Waals surface area (Å²) in [5.74, 6) is 1.46. The SMILES string of the molecule is C1=CC2Oc3c(-c4ccc(N(c5ccc(-c6ccc(-c7ccccc7)cc6)cc5)c5ccc6c(c5)-c5ccccc5C6c5ccccc5)cc4)cccc3C2C=C1. The number of hydrogen-bond donors (Lipinski definition) is 0. The molecule has 3 atom stereocenters. The summed E-state index contributed by atoms with van der Waals surface area (Å²) in [6, 6.07) is 70.8. The number of hydrogen-bond acceptors (Lipinski definition) is 2. The zero-order valence-electron chi connectivity index (χ0n) is 31.4. The van der Waals surface area contributed by atoms with Gasteiger partial charge in [0.05, 0.1) is 0 Å². The number of nitrogens with zero attached hydrogens (tertiary/aromatic N) is 1. The predicted octanol–water partition coefficient (Wildman–Crippen LogP) is 14.3. The lowest BCUT2D eigenvalue weighted by Gasteiger charge is -2.27. The maximum absolute atomic E-state index is 6.55. The molecule has 11 rings (SSSR count). The van der Waals surface area contributed by atoms with Gasteiger partial charge in [-0.3, -0.25) is 0 Å². The molecule has 2 heteroatoms. The Labute approximate surface area is 334 Å². The molecule has 0 spiro atoms. The van der Waals surface area contributed by atoms with Gasteiger partial charge in [0.15, 0.2) is 0 Å². The van der Waals surface area contributed by atoms with Crippen molar-refractivity contribution in [2.75, 3.05) is 4.90 Å². The molecule has 8 aromatic carbocycles. The number of rotatable bonds is 7. The Bertz CT molecular complexity index is 2800. The summed E-state index contributed by atoms with van der Waals surface area (Å²) in [6.07, 6.45) is 8.69. The van der Waals surface area contributed by atoms with Crippen molar-refractivity contribution in [1.82, 2.24) is 0 Å². The normalized spacial score (nSPS) is 16.9. The minimum atomic E-state index is 0.0529. The van der Waals surface area contributed by atoms with Gasteiger partial charge in [0.2, 0.25) is 0 Å². The summed E-state index contributed by atoms with van der Waals surface area (Å²) in [5.41, 5.74) is 18.3. The monoisotopic (exact) mass is 729 g/mol. The predicted molar refractivity (Wildman–Crippen MR) is 236 cm³/mol. The highest BCUT2D eigenvalue weighted by Crippen LogP contribution is 2.51. The van der Waals surface area contributed by atoms with Gasteiger partial charge in [-0.15, -0.1) is 0 Å². The highest BCUT2D eigenvalue weighted by atomic mass is 16.5. The fourth-order valence-electron chi connectivity index (χ4n) is 9.15. The van der Waals surface area contributed by atoms with Crippen LogP contribution in [-0.2, 0) is 0 Å². The fourth-order valence-corrected chi connectivity index (χ4v) is 9.15. The lowest BCUT2D eigenvalue weighted by Crippen LogP contribution is -2.15. The van der Waals surface area contributed by atoms with Gasteiger partial charge < -0.3 is 9.64 Å². The van der Waals surface area contributed by atoms with E-state index in [4.69, 9.17) is 4.74 Å². The first-order chi connectivity index (χ1) is 28.3. The molecule has 2 aliphatic carbocycles. The maximum Gasteiger partial charge on any atom is 0.132 e. The third kappa shape index (κ3) is 5.81. The summed E-state index contributed by atoms with van der Waals surface area (Å²) in [4.78, 5) is 2.39. The Hall–Kier alpha value is -7.16. The maximum atomic E-state index is 6.55. The average Bonchev–Trinajstić information content (AvgIpc) is 3.84. The number of para-hydroxylation sites is 1. The summed E-state index contributed by atoms with van der Waals surface area (Å²) in [6.45, 7) is 0. The van der Waals surface area contributed by atoms with Crippen LogP contribution < -0.4 is 9.64 Å². The molecule has 1 heterocycles. The minimum absolute atomic E-state index is 0.0529. The van der Waals surface area contributed by atoms with Gasteiger partial charge in [0, 0.05) is 40.0 Å². The molecule has 0 fully saturated rings. The van der Waals surface area contributed by atoms with Crippen LogP contribution in [0.1, 0.15) is 34.1 Å². The zero-order chi connectivity index (χ0) is 37.7. The van der Waals surface area contributed by atoms with E-state index in [0.29, 0.717) is 0 Å². The molecule has 270 valence electrons. The van der Waals surface area contributed by atoms with Crippen LogP contribution in [0.15, 0.2) is 218 Å². The Balaban J connectivity index is 0.988.